The lowest BCUT2D eigenvalue weighted by Crippen LogP contribution is -2.21. The van der Waals surface area contributed by atoms with Crippen molar-refractivity contribution in [3.05, 3.63) is 41.3 Å². The highest BCUT2D eigenvalue weighted by atomic mass is 19.4. The smallest absolute Gasteiger partial charge is 0.478 e. The van der Waals surface area contributed by atoms with Crippen LogP contribution in [-0.4, -0.2) is 38.1 Å². The van der Waals surface area contributed by atoms with Gasteiger partial charge in [0.05, 0.1) is 16.9 Å². The monoisotopic (exact) mass is 363 g/mol. The zero-order valence-electron chi connectivity index (χ0n) is 12.9. The van der Waals surface area contributed by atoms with Crippen molar-refractivity contribution < 1.29 is 37.4 Å². The van der Waals surface area contributed by atoms with Crippen molar-refractivity contribution in [2.75, 3.05) is 5.32 Å². The number of carbonyl (C=O) groups is 2. The Bertz CT molecular complexity index is 787. The molecule has 0 fully saturated rings. The van der Waals surface area contributed by atoms with E-state index in [9.17, 15) is 22.4 Å². The summed E-state index contributed by atoms with van der Waals surface area (Å²) in [5.41, 5.74) is 0.994. The number of anilines is 2. The Kier molecular flexibility index (Phi) is 6.09. The van der Waals surface area contributed by atoms with E-state index in [-0.39, 0.29) is 11.3 Å². The molecule has 0 atom stereocenters. The number of hydrogen-bond acceptors (Lipinski definition) is 4. The third-order valence-corrected chi connectivity index (χ3v) is 2.72. The first-order valence-corrected chi connectivity index (χ1v) is 6.52. The van der Waals surface area contributed by atoms with Gasteiger partial charge in [-0.1, -0.05) is 0 Å². The highest BCUT2D eigenvalue weighted by Gasteiger charge is 2.38. The average molecular weight is 363 g/mol. The minimum Gasteiger partial charge on any atom is -0.478 e. The van der Waals surface area contributed by atoms with E-state index >= 15 is 0 Å². The zero-order chi connectivity index (χ0) is 19.4. The summed E-state index contributed by atoms with van der Waals surface area (Å²) in [5, 5.41) is 23.1. The van der Waals surface area contributed by atoms with E-state index in [0.717, 1.165) is 17.8 Å². The summed E-state index contributed by atoms with van der Waals surface area (Å²) >= 11 is 0. The molecule has 0 unspecified atom stereocenters. The average Bonchev–Trinajstić information content (AvgIpc) is 2.76. The summed E-state index contributed by atoms with van der Waals surface area (Å²) < 4.78 is 46.5. The molecule has 11 heteroatoms. The lowest BCUT2D eigenvalue weighted by atomic mass is 10.1. The van der Waals surface area contributed by atoms with Gasteiger partial charge in [0, 0.05) is 13.1 Å². The van der Waals surface area contributed by atoms with Crippen molar-refractivity contribution in [2.45, 2.75) is 13.1 Å². The maximum atomic E-state index is 13.2. The van der Waals surface area contributed by atoms with Gasteiger partial charge in [0.1, 0.15) is 11.6 Å². The van der Waals surface area contributed by atoms with E-state index in [1.54, 1.807) is 17.8 Å². The molecule has 3 N–H and O–H groups in total. The van der Waals surface area contributed by atoms with Crippen LogP contribution >= 0.6 is 0 Å². The van der Waals surface area contributed by atoms with Crippen LogP contribution < -0.4 is 5.32 Å². The van der Waals surface area contributed by atoms with Crippen LogP contribution in [0, 0.1) is 12.7 Å². The first-order valence-electron chi connectivity index (χ1n) is 6.52. The van der Waals surface area contributed by atoms with E-state index in [0.29, 0.717) is 5.82 Å². The quantitative estimate of drug-likeness (QED) is 0.725. The molecule has 0 saturated carbocycles. The minimum absolute atomic E-state index is 0.00949. The minimum atomic E-state index is -5.08. The van der Waals surface area contributed by atoms with Crippen LogP contribution in [0.4, 0.5) is 29.1 Å². The second-order valence-electron chi connectivity index (χ2n) is 4.72. The van der Waals surface area contributed by atoms with Gasteiger partial charge in [0.2, 0.25) is 0 Å². The Labute approximate surface area is 138 Å². The van der Waals surface area contributed by atoms with Gasteiger partial charge in [-0.3, -0.25) is 4.68 Å². The Morgan fingerprint density at radius 2 is 1.76 bits per heavy atom. The topological polar surface area (TPSA) is 104 Å². The molecular formula is C14H13F4N3O4. The van der Waals surface area contributed by atoms with Gasteiger partial charge in [-0.2, -0.15) is 18.3 Å². The normalized spacial score (nSPS) is 10.6. The molecule has 2 rings (SSSR count). The molecule has 0 bridgehead atoms. The summed E-state index contributed by atoms with van der Waals surface area (Å²) in [6.45, 7) is 1.81. The number of aromatic nitrogens is 2. The number of aryl methyl sites for hydroxylation is 2. The predicted octanol–water partition coefficient (Wildman–Crippen LogP) is 2.94. The molecule has 136 valence electrons. The molecule has 7 nitrogen and oxygen atoms in total. The summed E-state index contributed by atoms with van der Waals surface area (Å²) in [6.07, 6.45) is -5.08. The van der Waals surface area contributed by atoms with Gasteiger partial charge in [-0.25, -0.2) is 14.0 Å². The lowest BCUT2D eigenvalue weighted by molar-refractivity contribution is -0.192. The van der Waals surface area contributed by atoms with Crippen LogP contribution in [0.25, 0.3) is 0 Å². The number of aliphatic carboxylic acids is 1. The summed E-state index contributed by atoms with van der Waals surface area (Å²) in [6, 6.07) is 5.23. The number of aromatic carboxylic acids is 1. The summed E-state index contributed by atoms with van der Waals surface area (Å²) in [7, 11) is 1.72. The fourth-order valence-corrected chi connectivity index (χ4v) is 1.67. The molecule has 0 aliphatic carbocycles. The van der Waals surface area contributed by atoms with Crippen LogP contribution in [0.3, 0.4) is 0 Å². The molecule has 0 spiro atoms. The number of carboxylic acid groups (broad SMARTS) is 2. The fourth-order valence-electron chi connectivity index (χ4n) is 1.67. The molecule has 0 amide bonds. The van der Waals surface area contributed by atoms with Crippen molar-refractivity contribution >= 4 is 23.4 Å². The van der Waals surface area contributed by atoms with Crippen LogP contribution in [0.5, 0.6) is 0 Å². The van der Waals surface area contributed by atoms with Crippen LogP contribution in [0.15, 0.2) is 24.3 Å². The molecule has 25 heavy (non-hydrogen) atoms. The molecule has 0 aliphatic heterocycles. The molecule has 1 heterocycles. The van der Waals surface area contributed by atoms with E-state index in [2.05, 4.69) is 10.4 Å². The van der Waals surface area contributed by atoms with Gasteiger partial charge in [0.25, 0.3) is 0 Å². The van der Waals surface area contributed by atoms with Crippen molar-refractivity contribution in [1.29, 1.82) is 0 Å². The Hall–Kier alpha value is -3.11. The Balaban J connectivity index is 0.000000381. The fraction of sp³-hybridized carbons (Fsp3) is 0.214. The number of alkyl halides is 3. The SMILES string of the molecule is Cc1cc(Nc2cc(F)ccc2C(=O)O)n(C)n1.O=C(O)C(F)(F)F. The molecule has 1 aromatic carbocycles. The highest BCUT2D eigenvalue weighted by molar-refractivity contribution is 5.95. The number of nitrogens with one attached hydrogen (secondary N) is 1. The zero-order valence-corrected chi connectivity index (χ0v) is 12.9. The van der Waals surface area contributed by atoms with Crippen molar-refractivity contribution in [3.63, 3.8) is 0 Å². The first-order chi connectivity index (χ1) is 11.4. The summed E-state index contributed by atoms with van der Waals surface area (Å²) in [5.74, 6) is -3.77. The number of halogens is 4. The van der Waals surface area contributed by atoms with Gasteiger partial charge < -0.3 is 15.5 Å². The van der Waals surface area contributed by atoms with E-state index in [1.807, 2.05) is 6.92 Å². The molecule has 0 saturated heterocycles. The highest BCUT2D eigenvalue weighted by Crippen LogP contribution is 2.22. The molecule has 0 radical (unpaired) electrons. The largest absolute Gasteiger partial charge is 0.490 e. The third-order valence-electron chi connectivity index (χ3n) is 2.72. The van der Waals surface area contributed by atoms with Crippen LogP contribution in [0.1, 0.15) is 16.1 Å². The Morgan fingerprint density at radius 1 is 1.20 bits per heavy atom. The van der Waals surface area contributed by atoms with Crippen molar-refractivity contribution in [1.82, 2.24) is 9.78 Å². The van der Waals surface area contributed by atoms with Crippen molar-refractivity contribution in [3.8, 4) is 0 Å². The molecule has 0 aliphatic rings. The standard InChI is InChI=1S/C12H12FN3O2.C2HF3O2/c1-7-5-11(16(2)15-7)14-10-6-8(13)3-4-9(10)12(17)18;3-2(4,5)1(6)7/h3-6,14H,1-2H3,(H,17,18);(H,6,7). The van der Waals surface area contributed by atoms with E-state index in [1.165, 1.54) is 6.07 Å². The number of carboxylic acids is 2. The predicted molar refractivity (Wildman–Crippen MR) is 78.3 cm³/mol. The number of hydrogen-bond donors (Lipinski definition) is 3. The lowest BCUT2D eigenvalue weighted by Gasteiger charge is -2.09. The second kappa shape index (κ2) is 7.64. The molecule has 2 aromatic rings. The van der Waals surface area contributed by atoms with E-state index < -0.39 is 23.9 Å². The van der Waals surface area contributed by atoms with Crippen LogP contribution in [-0.2, 0) is 11.8 Å². The maximum absolute atomic E-state index is 13.2. The van der Waals surface area contributed by atoms with Crippen LogP contribution in [0.2, 0.25) is 0 Å². The maximum Gasteiger partial charge on any atom is 0.490 e. The number of rotatable bonds is 3. The van der Waals surface area contributed by atoms with Crippen molar-refractivity contribution in [2.24, 2.45) is 7.05 Å². The van der Waals surface area contributed by atoms with Gasteiger partial charge in [0.15, 0.2) is 0 Å². The van der Waals surface area contributed by atoms with Gasteiger partial charge in [-0.15, -0.1) is 0 Å². The van der Waals surface area contributed by atoms with Gasteiger partial charge in [-0.05, 0) is 25.1 Å². The number of benzene rings is 1. The second-order valence-corrected chi connectivity index (χ2v) is 4.72. The number of nitrogens with zero attached hydrogens (tertiary/aromatic N) is 2. The van der Waals surface area contributed by atoms with Gasteiger partial charge >= 0.3 is 18.1 Å². The summed E-state index contributed by atoms with van der Waals surface area (Å²) in [4.78, 5) is 19.9. The third kappa shape index (κ3) is 5.79. The molecular weight excluding hydrogens is 350 g/mol. The first kappa shape index (κ1) is 19.9. The van der Waals surface area contributed by atoms with E-state index in [4.69, 9.17) is 15.0 Å². The molecule has 1 aromatic heterocycles. The Morgan fingerprint density at radius 3 is 2.16 bits per heavy atom.